The number of aromatic nitrogens is 4. The molecular formula is C20H27N7O3. The van der Waals surface area contributed by atoms with Crippen molar-refractivity contribution in [3.8, 4) is 11.5 Å². The van der Waals surface area contributed by atoms with Crippen LogP contribution in [0.2, 0.25) is 0 Å². The highest BCUT2D eigenvalue weighted by Crippen LogP contribution is 2.33. The van der Waals surface area contributed by atoms with Crippen LogP contribution in [-0.4, -0.2) is 92.9 Å². The Hall–Kier alpha value is -2.72. The summed E-state index contributed by atoms with van der Waals surface area (Å²) in [5, 5.41) is 11.0. The summed E-state index contributed by atoms with van der Waals surface area (Å²) in [5.74, 6) is 1.77. The molecule has 0 radical (unpaired) electrons. The van der Waals surface area contributed by atoms with Crippen LogP contribution < -0.4 is 9.47 Å². The summed E-state index contributed by atoms with van der Waals surface area (Å²) < 4.78 is 12.4. The Bertz CT molecular complexity index is 867. The maximum absolute atomic E-state index is 12.6. The number of benzene rings is 1. The number of hydrogen-bond acceptors (Lipinski definition) is 8. The van der Waals surface area contributed by atoms with Crippen molar-refractivity contribution in [2.24, 2.45) is 0 Å². The molecule has 5 rings (SSSR count). The van der Waals surface area contributed by atoms with Gasteiger partial charge in [0.05, 0.1) is 0 Å². The van der Waals surface area contributed by atoms with Crippen LogP contribution in [0.5, 0.6) is 11.5 Å². The van der Waals surface area contributed by atoms with Gasteiger partial charge in [0.1, 0.15) is 12.9 Å². The first-order chi connectivity index (χ1) is 14.7. The number of fused-ring (bicyclic) bond motifs is 1. The first kappa shape index (κ1) is 19.3. The summed E-state index contributed by atoms with van der Waals surface area (Å²) in [4.78, 5) is 19.6. The third-order valence-corrected chi connectivity index (χ3v) is 6.20. The molecule has 10 heteroatoms. The van der Waals surface area contributed by atoms with Crippen molar-refractivity contribution < 1.29 is 14.3 Å². The molecule has 0 unspecified atom stereocenters. The number of tetrazole rings is 1. The fraction of sp³-hybridized carbons (Fsp3) is 0.600. The number of carbonyl (C=O) groups excluding carboxylic acids is 1. The Balaban J connectivity index is 1.11. The molecule has 30 heavy (non-hydrogen) atoms. The van der Waals surface area contributed by atoms with Gasteiger partial charge in [-0.05, 0) is 41.0 Å². The number of carbonyl (C=O) groups is 1. The van der Waals surface area contributed by atoms with E-state index in [1.807, 2.05) is 11.0 Å². The number of piperidine rings is 1. The molecule has 2 saturated heterocycles. The van der Waals surface area contributed by atoms with Gasteiger partial charge in [-0.25, -0.2) is 4.68 Å². The molecule has 1 aromatic heterocycles. The molecule has 1 aromatic carbocycles. The van der Waals surface area contributed by atoms with E-state index in [0.717, 1.165) is 70.2 Å². The molecule has 0 N–H and O–H groups in total. The standard InChI is InChI=1S/C20H27N7O3/c28-20(13-27-14-21-22-23-27)26-5-1-2-17(12-26)25-8-6-24(7-9-25)11-16-3-4-18-19(10-16)30-15-29-18/h3-4,10,14,17H,1-2,5-9,11-13,15H2/t17-/m1/s1. The van der Waals surface area contributed by atoms with Crippen LogP contribution in [0.4, 0.5) is 0 Å². The summed E-state index contributed by atoms with van der Waals surface area (Å²) in [6.07, 6.45) is 3.68. The quantitative estimate of drug-likeness (QED) is 0.688. The van der Waals surface area contributed by atoms with Crippen molar-refractivity contribution in [2.45, 2.75) is 32.0 Å². The van der Waals surface area contributed by atoms with Gasteiger partial charge in [0, 0.05) is 51.9 Å². The van der Waals surface area contributed by atoms with E-state index in [-0.39, 0.29) is 12.5 Å². The van der Waals surface area contributed by atoms with E-state index in [1.54, 1.807) is 0 Å². The van der Waals surface area contributed by atoms with Crippen molar-refractivity contribution in [3.05, 3.63) is 30.1 Å². The monoisotopic (exact) mass is 413 g/mol. The molecule has 0 aliphatic carbocycles. The number of hydrogen-bond donors (Lipinski definition) is 0. The topological polar surface area (TPSA) is 88.9 Å². The first-order valence-corrected chi connectivity index (χ1v) is 10.6. The number of piperazine rings is 1. The maximum Gasteiger partial charge on any atom is 0.244 e. The lowest BCUT2D eigenvalue weighted by atomic mass is 10.0. The van der Waals surface area contributed by atoms with Crippen LogP contribution in [0, 0.1) is 0 Å². The summed E-state index contributed by atoms with van der Waals surface area (Å²) in [5.41, 5.74) is 1.25. The van der Waals surface area contributed by atoms with E-state index >= 15 is 0 Å². The molecule has 1 atom stereocenters. The minimum atomic E-state index is 0.0912. The summed E-state index contributed by atoms with van der Waals surface area (Å²) in [6, 6.07) is 6.64. The van der Waals surface area contributed by atoms with Gasteiger partial charge in [0.15, 0.2) is 11.5 Å². The van der Waals surface area contributed by atoms with Crippen LogP contribution in [0.15, 0.2) is 24.5 Å². The molecule has 0 saturated carbocycles. The molecule has 160 valence electrons. The van der Waals surface area contributed by atoms with Crippen LogP contribution in [0.3, 0.4) is 0 Å². The van der Waals surface area contributed by atoms with Crippen LogP contribution in [-0.2, 0) is 17.9 Å². The fourth-order valence-electron chi connectivity index (χ4n) is 4.55. The molecule has 10 nitrogen and oxygen atoms in total. The van der Waals surface area contributed by atoms with Crippen molar-refractivity contribution >= 4 is 5.91 Å². The minimum Gasteiger partial charge on any atom is -0.454 e. The lowest BCUT2D eigenvalue weighted by Gasteiger charge is -2.43. The summed E-state index contributed by atoms with van der Waals surface area (Å²) >= 11 is 0. The SMILES string of the molecule is O=C(Cn1cnnn1)N1CCC[C@@H](N2CCN(Cc3ccc4c(c3)OCO4)CC2)C1. The van der Waals surface area contributed by atoms with E-state index in [4.69, 9.17) is 9.47 Å². The van der Waals surface area contributed by atoms with Gasteiger partial charge >= 0.3 is 0 Å². The van der Waals surface area contributed by atoms with E-state index in [9.17, 15) is 4.79 Å². The maximum atomic E-state index is 12.6. The molecule has 1 amide bonds. The molecule has 0 bridgehead atoms. The molecule has 2 aromatic rings. The zero-order valence-electron chi connectivity index (χ0n) is 17.0. The first-order valence-electron chi connectivity index (χ1n) is 10.6. The average molecular weight is 413 g/mol. The van der Waals surface area contributed by atoms with Gasteiger partial charge in [-0.1, -0.05) is 6.07 Å². The molecule has 2 fully saturated rings. The fourth-order valence-corrected chi connectivity index (χ4v) is 4.55. The van der Waals surface area contributed by atoms with Gasteiger partial charge in [0.2, 0.25) is 12.7 Å². The lowest BCUT2D eigenvalue weighted by Crippen LogP contribution is -2.55. The Morgan fingerprint density at radius 2 is 1.97 bits per heavy atom. The number of likely N-dealkylation sites (tertiary alicyclic amines) is 1. The van der Waals surface area contributed by atoms with Gasteiger partial charge in [-0.2, -0.15) is 0 Å². The highest BCUT2D eigenvalue weighted by atomic mass is 16.7. The Labute approximate surface area is 175 Å². The summed E-state index contributed by atoms with van der Waals surface area (Å²) in [7, 11) is 0. The van der Waals surface area contributed by atoms with Crippen molar-refractivity contribution in [1.29, 1.82) is 0 Å². The van der Waals surface area contributed by atoms with Gasteiger partial charge in [0.25, 0.3) is 0 Å². The zero-order valence-corrected chi connectivity index (χ0v) is 17.0. The van der Waals surface area contributed by atoms with Crippen molar-refractivity contribution in [3.63, 3.8) is 0 Å². The molecule has 3 aliphatic heterocycles. The highest BCUT2D eigenvalue weighted by molar-refractivity contribution is 5.76. The largest absolute Gasteiger partial charge is 0.454 e. The number of ether oxygens (including phenoxy) is 2. The predicted octanol–water partition coefficient (Wildman–Crippen LogP) is 0.211. The van der Waals surface area contributed by atoms with E-state index in [0.29, 0.717) is 12.8 Å². The van der Waals surface area contributed by atoms with E-state index in [2.05, 4.69) is 37.5 Å². The molecule has 0 spiro atoms. The lowest BCUT2D eigenvalue weighted by molar-refractivity contribution is -0.134. The zero-order chi connectivity index (χ0) is 20.3. The average Bonchev–Trinajstić information content (AvgIpc) is 3.46. The molecular weight excluding hydrogens is 386 g/mol. The smallest absolute Gasteiger partial charge is 0.244 e. The minimum absolute atomic E-state index is 0.0912. The van der Waals surface area contributed by atoms with Crippen LogP contribution in [0.25, 0.3) is 0 Å². The van der Waals surface area contributed by atoms with Crippen LogP contribution in [0.1, 0.15) is 18.4 Å². The van der Waals surface area contributed by atoms with Crippen molar-refractivity contribution in [1.82, 2.24) is 34.9 Å². The van der Waals surface area contributed by atoms with Gasteiger partial charge in [-0.3, -0.25) is 14.6 Å². The number of nitrogens with zero attached hydrogens (tertiary/aromatic N) is 7. The molecule has 4 heterocycles. The normalized spacial score (nSPS) is 22.4. The second-order valence-electron chi connectivity index (χ2n) is 8.14. The van der Waals surface area contributed by atoms with E-state index in [1.165, 1.54) is 16.6 Å². The second-order valence-corrected chi connectivity index (χ2v) is 8.14. The van der Waals surface area contributed by atoms with Crippen LogP contribution >= 0.6 is 0 Å². The van der Waals surface area contributed by atoms with Gasteiger partial charge < -0.3 is 14.4 Å². The Kier molecular flexibility index (Phi) is 5.50. The predicted molar refractivity (Wildman–Crippen MR) is 107 cm³/mol. The third-order valence-electron chi connectivity index (χ3n) is 6.20. The highest BCUT2D eigenvalue weighted by Gasteiger charge is 2.30. The Morgan fingerprint density at radius 1 is 1.10 bits per heavy atom. The number of rotatable bonds is 5. The van der Waals surface area contributed by atoms with Gasteiger partial charge in [-0.15, -0.1) is 5.10 Å². The summed E-state index contributed by atoms with van der Waals surface area (Å²) in [6.45, 7) is 7.19. The third kappa shape index (κ3) is 4.24. The molecule has 3 aliphatic rings. The van der Waals surface area contributed by atoms with E-state index < -0.39 is 0 Å². The second kappa shape index (κ2) is 8.57. The Morgan fingerprint density at radius 3 is 2.80 bits per heavy atom. The number of amides is 1. The van der Waals surface area contributed by atoms with Crippen molar-refractivity contribution in [2.75, 3.05) is 46.1 Å².